The van der Waals surface area contributed by atoms with E-state index in [1.807, 2.05) is 11.0 Å². The molecule has 1 heterocycles. The van der Waals surface area contributed by atoms with Crippen molar-refractivity contribution >= 4 is 34.7 Å². The van der Waals surface area contributed by atoms with Crippen molar-refractivity contribution in [1.29, 1.82) is 0 Å². The van der Waals surface area contributed by atoms with Crippen LogP contribution in [0.1, 0.15) is 5.56 Å². The molecule has 8 heteroatoms. The molecule has 1 aliphatic heterocycles. The number of methoxy groups -OCH3 is 3. The van der Waals surface area contributed by atoms with Crippen molar-refractivity contribution in [3.63, 3.8) is 0 Å². The van der Waals surface area contributed by atoms with Crippen molar-refractivity contribution in [2.24, 2.45) is 0 Å². The standard InChI is InChI=1S/C23H25ClN2O5/c1-29-14-12-25(13-15-30-2)21-20(16-8-4-7-11-19(16)31-3)22(27)26(23(21)28)18-10-6-5-9-17(18)24/h4-11H,12-15H2,1-3H3. The van der Waals surface area contributed by atoms with Gasteiger partial charge in [-0.15, -0.1) is 0 Å². The molecule has 0 radical (unpaired) electrons. The van der Waals surface area contributed by atoms with Crippen LogP contribution in [0.5, 0.6) is 5.75 Å². The summed E-state index contributed by atoms with van der Waals surface area (Å²) in [7, 11) is 4.70. The number of rotatable bonds is 10. The van der Waals surface area contributed by atoms with Crippen molar-refractivity contribution in [2.75, 3.05) is 52.5 Å². The second kappa shape index (κ2) is 10.4. The zero-order valence-electron chi connectivity index (χ0n) is 17.8. The summed E-state index contributed by atoms with van der Waals surface area (Å²) in [5, 5.41) is 0.310. The van der Waals surface area contributed by atoms with E-state index in [-0.39, 0.29) is 11.3 Å². The molecule has 0 spiro atoms. The van der Waals surface area contributed by atoms with Gasteiger partial charge in [-0.2, -0.15) is 0 Å². The average Bonchev–Trinajstić information content (AvgIpc) is 3.04. The van der Waals surface area contributed by atoms with Gasteiger partial charge in [0.1, 0.15) is 11.4 Å². The van der Waals surface area contributed by atoms with Crippen molar-refractivity contribution in [3.05, 3.63) is 64.8 Å². The normalized spacial score (nSPS) is 13.9. The molecule has 31 heavy (non-hydrogen) atoms. The molecule has 0 aliphatic carbocycles. The second-order valence-corrected chi connectivity index (χ2v) is 7.20. The first-order valence-electron chi connectivity index (χ1n) is 9.79. The van der Waals surface area contributed by atoms with Gasteiger partial charge in [-0.25, -0.2) is 4.90 Å². The van der Waals surface area contributed by atoms with Gasteiger partial charge >= 0.3 is 0 Å². The number of amides is 2. The quantitative estimate of drug-likeness (QED) is 0.524. The summed E-state index contributed by atoms with van der Waals surface area (Å²) >= 11 is 6.34. The first kappa shape index (κ1) is 22.8. The number of hydrogen-bond donors (Lipinski definition) is 0. The van der Waals surface area contributed by atoms with E-state index >= 15 is 0 Å². The molecule has 0 bridgehead atoms. The Bertz CT molecular complexity index is 983. The highest BCUT2D eigenvalue weighted by molar-refractivity contribution is 6.47. The number of anilines is 1. The van der Waals surface area contributed by atoms with Crippen LogP contribution in [0.3, 0.4) is 0 Å². The van der Waals surface area contributed by atoms with Gasteiger partial charge in [0, 0.05) is 32.9 Å². The van der Waals surface area contributed by atoms with Gasteiger partial charge in [-0.3, -0.25) is 9.59 Å². The summed E-state index contributed by atoms with van der Waals surface area (Å²) in [5.41, 5.74) is 1.39. The molecule has 0 N–H and O–H groups in total. The minimum absolute atomic E-state index is 0.259. The second-order valence-electron chi connectivity index (χ2n) is 6.79. The molecular formula is C23H25ClN2O5. The lowest BCUT2D eigenvalue weighted by Crippen LogP contribution is -2.37. The van der Waals surface area contributed by atoms with Crippen LogP contribution in [-0.4, -0.2) is 64.3 Å². The SMILES string of the molecule is COCCN(CCOC)C1=C(c2ccccc2OC)C(=O)N(c2ccccc2Cl)C1=O. The Morgan fingerprint density at radius 1 is 0.871 bits per heavy atom. The number of carbonyl (C=O) groups is 2. The third kappa shape index (κ3) is 4.58. The van der Waals surface area contributed by atoms with E-state index in [1.54, 1.807) is 56.7 Å². The van der Waals surface area contributed by atoms with Crippen LogP contribution in [0.2, 0.25) is 5.02 Å². The summed E-state index contributed by atoms with van der Waals surface area (Å²) < 4.78 is 15.9. The van der Waals surface area contributed by atoms with E-state index in [2.05, 4.69) is 0 Å². The van der Waals surface area contributed by atoms with E-state index in [0.29, 0.717) is 48.3 Å². The maximum absolute atomic E-state index is 13.6. The number of para-hydroxylation sites is 2. The maximum atomic E-state index is 13.6. The minimum atomic E-state index is -0.461. The van der Waals surface area contributed by atoms with Crippen LogP contribution >= 0.6 is 11.6 Å². The van der Waals surface area contributed by atoms with E-state index in [4.69, 9.17) is 25.8 Å². The topological polar surface area (TPSA) is 68.3 Å². The minimum Gasteiger partial charge on any atom is -0.496 e. The number of carbonyl (C=O) groups excluding carboxylic acids is 2. The molecule has 0 aromatic heterocycles. The predicted molar refractivity (Wildman–Crippen MR) is 119 cm³/mol. The van der Waals surface area contributed by atoms with Crippen molar-refractivity contribution < 1.29 is 23.8 Å². The van der Waals surface area contributed by atoms with Crippen LogP contribution in [0.15, 0.2) is 54.2 Å². The number of hydrogen-bond acceptors (Lipinski definition) is 6. The van der Waals surface area contributed by atoms with Crippen LogP contribution in [0, 0.1) is 0 Å². The molecule has 1 aliphatic rings. The van der Waals surface area contributed by atoms with Crippen molar-refractivity contribution in [3.8, 4) is 5.75 Å². The molecule has 0 saturated carbocycles. The summed E-state index contributed by atoms with van der Waals surface area (Å²) in [5.74, 6) is -0.417. The number of ether oxygens (including phenoxy) is 3. The van der Waals surface area contributed by atoms with Gasteiger partial charge in [0.2, 0.25) is 0 Å². The van der Waals surface area contributed by atoms with Crippen molar-refractivity contribution in [2.45, 2.75) is 0 Å². The molecule has 0 unspecified atom stereocenters. The van der Waals surface area contributed by atoms with Crippen molar-refractivity contribution in [1.82, 2.24) is 4.90 Å². The molecule has 0 fully saturated rings. The van der Waals surface area contributed by atoms with Crippen LogP contribution < -0.4 is 9.64 Å². The molecule has 3 rings (SSSR count). The number of halogens is 1. The van der Waals surface area contributed by atoms with E-state index in [1.165, 1.54) is 7.11 Å². The highest BCUT2D eigenvalue weighted by Gasteiger charge is 2.43. The first-order valence-corrected chi connectivity index (χ1v) is 10.2. The summed E-state index contributed by atoms with van der Waals surface area (Å²) in [6.07, 6.45) is 0. The van der Waals surface area contributed by atoms with Gasteiger partial charge in [0.25, 0.3) is 11.8 Å². The van der Waals surface area contributed by atoms with E-state index in [0.717, 1.165) is 4.90 Å². The predicted octanol–water partition coefficient (Wildman–Crippen LogP) is 3.23. The Morgan fingerprint density at radius 2 is 1.48 bits per heavy atom. The van der Waals surface area contributed by atoms with Gasteiger partial charge < -0.3 is 19.1 Å². The Morgan fingerprint density at radius 3 is 2.10 bits per heavy atom. The Balaban J connectivity index is 2.19. The smallest absolute Gasteiger partial charge is 0.282 e. The zero-order chi connectivity index (χ0) is 22.4. The fourth-order valence-electron chi connectivity index (χ4n) is 3.50. The highest BCUT2D eigenvalue weighted by Crippen LogP contribution is 2.39. The maximum Gasteiger partial charge on any atom is 0.282 e. The lowest BCUT2D eigenvalue weighted by molar-refractivity contribution is -0.120. The summed E-state index contributed by atoms with van der Waals surface area (Å²) in [6.45, 7) is 1.56. The number of benzene rings is 2. The first-order chi connectivity index (χ1) is 15.0. The van der Waals surface area contributed by atoms with E-state index in [9.17, 15) is 9.59 Å². The molecule has 2 amide bonds. The number of nitrogens with zero attached hydrogens (tertiary/aromatic N) is 2. The van der Waals surface area contributed by atoms with Crippen LogP contribution in [0.4, 0.5) is 5.69 Å². The lowest BCUT2D eigenvalue weighted by Gasteiger charge is -2.26. The molecular weight excluding hydrogens is 420 g/mol. The molecule has 0 atom stereocenters. The summed E-state index contributed by atoms with van der Waals surface area (Å²) in [6, 6.07) is 13.9. The number of imide groups is 1. The third-order valence-corrected chi connectivity index (χ3v) is 5.30. The van der Waals surface area contributed by atoms with Crippen LogP contribution in [-0.2, 0) is 19.1 Å². The third-order valence-electron chi connectivity index (χ3n) is 4.98. The molecule has 0 saturated heterocycles. The Hall–Kier alpha value is -2.87. The van der Waals surface area contributed by atoms with Gasteiger partial charge in [-0.1, -0.05) is 41.9 Å². The van der Waals surface area contributed by atoms with Gasteiger partial charge in [0.05, 0.1) is 36.6 Å². The fourth-order valence-corrected chi connectivity index (χ4v) is 3.72. The lowest BCUT2D eigenvalue weighted by atomic mass is 10.0. The average molecular weight is 445 g/mol. The molecule has 2 aromatic carbocycles. The highest BCUT2D eigenvalue weighted by atomic mass is 35.5. The van der Waals surface area contributed by atoms with E-state index < -0.39 is 11.8 Å². The fraction of sp³-hybridized carbons (Fsp3) is 0.304. The van der Waals surface area contributed by atoms with Gasteiger partial charge in [-0.05, 0) is 18.2 Å². The zero-order valence-corrected chi connectivity index (χ0v) is 18.5. The monoisotopic (exact) mass is 444 g/mol. The Kier molecular flexibility index (Phi) is 7.68. The Labute approximate surface area is 186 Å². The van der Waals surface area contributed by atoms with Gasteiger partial charge in [0.15, 0.2) is 0 Å². The van der Waals surface area contributed by atoms with Crippen LogP contribution in [0.25, 0.3) is 5.57 Å². The summed E-state index contributed by atoms with van der Waals surface area (Å²) in [4.78, 5) is 30.2. The molecule has 7 nitrogen and oxygen atoms in total. The molecule has 164 valence electrons. The molecule has 2 aromatic rings. The largest absolute Gasteiger partial charge is 0.496 e.